The summed E-state index contributed by atoms with van der Waals surface area (Å²) in [6, 6.07) is 4.28. The Morgan fingerprint density at radius 1 is 1.58 bits per heavy atom. The molecular formula is C12H10BrFN2O2S. The molecule has 0 spiro atoms. The van der Waals surface area contributed by atoms with E-state index in [-0.39, 0.29) is 11.5 Å². The molecule has 1 aromatic carbocycles. The lowest BCUT2D eigenvalue weighted by Crippen LogP contribution is -2.05. The molecule has 0 saturated carbocycles. The van der Waals surface area contributed by atoms with Gasteiger partial charge in [-0.2, -0.15) is 0 Å². The molecule has 2 aromatic rings. The van der Waals surface area contributed by atoms with Crippen LogP contribution in [0, 0.1) is 5.82 Å². The van der Waals surface area contributed by atoms with E-state index in [9.17, 15) is 9.18 Å². The highest BCUT2D eigenvalue weighted by Gasteiger charge is 2.12. The third kappa shape index (κ3) is 3.51. The Bertz CT molecular complexity index is 603. The molecule has 0 radical (unpaired) electrons. The molecule has 0 saturated heterocycles. The van der Waals surface area contributed by atoms with Crippen molar-refractivity contribution in [3.05, 3.63) is 39.6 Å². The first-order chi connectivity index (χ1) is 9.10. The lowest BCUT2D eigenvalue weighted by atomic mass is 10.3. The molecule has 2 rings (SSSR count). The predicted octanol–water partition coefficient (Wildman–Crippen LogP) is 3.97. The van der Waals surface area contributed by atoms with Crippen molar-refractivity contribution in [3.8, 4) is 0 Å². The van der Waals surface area contributed by atoms with E-state index in [1.54, 1.807) is 18.4 Å². The van der Waals surface area contributed by atoms with Crippen LogP contribution in [0.1, 0.15) is 17.4 Å². The van der Waals surface area contributed by atoms with Crippen molar-refractivity contribution in [1.29, 1.82) is 0 Å². The van der Waals surface area contributed by atoms with Gasteiger partial charge in [0.2, 0.25) is 0 Å². The fourth-order valence-corrected chi connectivity index (χ4v) is 2.48. The Hall–Kier alpha value is -1.47. The summed E-state index contributed by atoms with van der Waals surface area (Å²) in [5, 5.41) is 5.15. The molecular weight excluding hydrogens is 335 g/mol. The predicted molar refractivity (Wildman–Crippen MR) is 75.5 cm³/mol. The van der Waals surface area contributed by atoms with Gasteiger partial charge in [-0.1, -0.05) is 0 Å². The van der Waals surface area contributed by atoms with Crippen LogP contribution in [0.3, 0.4) is 0 Å². The maximum Gasteiger partial charge on any atom is 0.357 e. The maximum atomic E-state index is 12.9. The molecule has 1 N–H and O–H groups in total. The summed E-state index contributed by atoms with van der Waals surface area (Å²) in [5.41, 5.74) is 0.929. The van der Waals surface area contributed by atoms with Gasteiger partial charge in [0.1, 0.15) is 5.82 Å². The maximum absolute atomic E-state index is 12.9. The molecule has 19 heavy (non-hydrogen) atoms. The normalized spacial score (nSPS) is 10.3. The van der Waals surface area contributed by atoms with Crippen molar-refractivity contribution in [2.45, 2.75) is 6.92 Å². The summed E-state index contributed by atoms with van der Waals surface area (Å²) in [4.78, 5) is 15.6. The average Bonchev–Trinajstić information content (AvgIpc) is 2.82. The van der Waals surface area contributed by atoms with Crippen LogP contribution in [-0.4, -0.2) is 17.6 Å². The van der Waals surface area contributed by atoms with Gasteiger partial charge >= 0.3 is 5.97 Å². The lowest BCUT2D eigenvalue weighted by Gasteiger charge is -2.04. The van der Waals surface area contributed by atoms with Crippen molar-refractivity contribution in [1.82, 2.24) is 4.98 Å². The number of carbonyl (C=O) groups excluding carboxylic acids is 1. The fourth-order valence-electron chi connectivity index (χ4n) is 1.34. The van der Waals surface area contributed by atoms with Crippen molar-refractivity contribution in [2.24, 2.45) is 0 Å². The summed E-state index contributed by atoms with van der Waals surface area (Å²) >= 11 is 4.52. The average molecular weight is 345 g/mol. The van der Waals surface area contributed by atoms with E-state index in [2.05, 4.69) is 26.2 Å². The molecule has 1 aromatic heterocycles. The third-order valence-electron chi connectivity index (χ3n) is 2.16. The Morgan fingerprint density at radius 2 is 2.37 bits per heavy atom. The second-order valence-corrected chi connectivity index (χ2v) is 5.22. The number of carbonyl (C=O) groups is 1. The second-order valence-electron chi connectivity index (χ2n) is 3.51. The second kappa shape index (κ2) is 6.12. The first-order valence-electron chi connectivity index (χ1n) is 5.45. The number of aromatic nitrogens is 1. The molecule has 100 valence electrons. The van der Waals surface area contributed by atoms with Crippen molar-refractivity contribution < 1.29 is 13.9 Å². The van der Waals surface area contributed by atoms with Crippen LogP contribution in [0.15, 0.2) is 28.1 Å². The standard InChI is InChI=1S/C12H10BrFN2O2S/c1-2-18-11(17)10-6-19-12(16-10)15-9-4-3-7(14)5-8(9)13/h3-6H,2H2,1H3,(H,15,16). The minimum absolute atomic E-state index is 0.257. The number of esters is 1. The SMILES string of the molecule is CCOC(=O)c1csc(Nc2ccc(F)cc2Br)n1. The first kappa shape index (κ1) is 14.0. The summed E-state index contributed by atoms with van der Waals surface area (Å²) in [7, 11) is 0. The molecule has 0 aliphatic rings. The Balaban J connectivity index is 2.13. The number of rotatable bonds is 4. The van der Waals surface area contributed by atoms with E-state index in [1.807, 2.05) is 0 Å². The highest BCUT2D eigenvalue weighted by Crippen LogP contribution is 2.28. The summed E-state index contributed by atoms with van der Waals surface area (Å²) in [6.45, 7) is 2.04. The number of anilines is 2. The monoisotopic (exact) mass is 344 g/mol. The molecule has 4 nitrogen and oxygen atoms in total. The van der Waals surface area contributed by atoms with E-state index in [1.165, 1.54) is 23.5 Å². The van der Waals surface area contributed by atoms with E-state index < -0.39 is 5.97 Å². The van der Waals surface area contributed by atoms with Gasteiger partial charge in [-0.3, -0.25) is 0 Å². The molecule has 1 heterocycles. The van der Waals surface area contributed by atoms with Crippen LogP contribution in [0.2, 0.25) is 0 Å². The molecule has 0 amide bonds. The van der Waals surface area contributed by atoms with E-state index >= 15 is 0 Å². The summed E-state index contributed by atoms with van der Waals surface area (Å²) in [5.74, 6) is -0.784. The minimum atomic E-state index is -0.454. The van der Waals surface area contributed by atoms with Crippen LogP contribution in [-0.2, 0) is 4.74 Å². The number of halogens is 2. The van der Waals surface area contributed by atoms with Crippen LogP contribution in [0.4, 0.5) is 15.2 Å². The number of nitrogens with one attached hydrogen (secondary N) is 1. The van der Waals surface area contributed by atoms with Gasteiger partial charge in [0, 0.05) is 9.85 Å². The lowest BCUT2D eigenvalue weighted by molar-refractivity contribution is 0.0520. The van der Waals surface area contributed by atoms with Crippen LogP contribution in [0.25, 0.3) is 0 Å². The number of benzene rings is 1. The largest absolute Gasteiger partial charge is 0.461 e. The van der Waals surface area contributed by atoms with E-state index in [0.717, 1.165) is 0 Å². The number of hydrogen-bond donors (Lipinski definition) is 1. The molecule has 0 aliphatic heterocycles. The summed E-state index contributed by atoms with van der Waals surface area (Å²) in [6.07, 6.45) is 0. The number of ether oxygens (including phenoxy) is 1. The zero-order chi connectivity index (χ0) is 13.8. The van der Waals surface area contributed by atoms with Crippen molar-refractivity contribution >= 4 is 44.1 Å². The molecule has 0 bridgehead atoms. The van der Waals surface area contributed by atoms with Gasteiger partial charge in [-0.15, -0.1) is 11.3 Å². The third-order valence-corrected chi connectivity index (χ3v) is 3.58. The number of nitrogens with zero attached hydrogens (tertiary/aromatic N) is 1. The Morgan fingerprint density at radius 3 is 3.05 bits per heavy atom. The van der Waals surface area contributed by atoms with Crippen LogP contribution >= 0.6 is 27.3 Å². The van der Waals surface area contributed by atoms with Gasteiger partial charge in [-0.25, -0.2) is 14.2 Å². The van der Waals surface area contributed by atoms with Gasteiger partial charge in [-0.05, 0) is 41.1 Å². The smallest absolute Gasteiger partial charge is 0.357 e. The topological polar surface area (TPSA) is 51.2 Å². The zero-order valence-electron chi connectivity index (χ0n) is 9.94. The molecule has 0 unspecified atom stereocenters. The Labute approximate surface area is 121 Å². The quantitative estimate of drug-likeness (QED) is 0.852. The Kier molecular flexibility index (Phi) is 4.49. The fraction of sp³-hybridized carbons (Fsp3) is 0.167. The number of thiazole rings is 1. The van der Waals surface area contributed by atoms with Gasteiger partial charge < -0.3 is 10.1 Å². The van der Waals surface area contributed by atoms with Crippen molar-refractivity contribution in [2.75, 3.05) is 11.9 Å². The van der Waals surface area contributed by atoms with Gasteiger partial charge in [0.15, 0.2) is 10.8 Å². The first-order valence-corrected chi connectivity index (χ1v) is 7.12. The van der Waals surface area contributed by atoms with Crippen molar-refractivity contribution in [3.63, 3.8) is 0 Å². The molecule has 0 fully saturated rings. The molecule has 0 atom stereocenters. The highest BCUT2D eigenvalue weighted by molar-refractivity contribution is 9.10. The molecule has 0 aliphatic carbocycles. The van der Waals surface area contributed by atoms with Crippen LogP contribution < -0.4 is 5.32 Å². The molecule has 7 heteroatoms. The zero-order valence-corrected chi connectivity index (χ0v) is 12.3. The van der Waals surface area contributed by atoms with Gasteiger partial charge in [0.05, 0.1) is 12.3 Å². The van der Waals surface area contributed by atoms with E-state index in [0.29, 0.717) is 21.9 Å². The van der Waals surface area contributed by atoms with Crippen LogP contribution in [0.5, 0.6) is 0 Å². The number of hydrogen-bond acceptors (Lipinski definition) is 5. The summed E-state index contributed by atoms with van der Waals surface area (Å²) < 4.78 is 18.4. The minimum Gasteiger partial charge on any atom is -0.461 e. The van der Waals surface area contributed by atoms with E-state index in [4.69, 9.17) is 4.74 Å². The van der Waals surface area contributed by atoms with Gasteiger partial charge in [0.25, 0.3) is 0 Å². The highest BCUT2D eigenvalue weighted by atomic mass is 79.9.